The molecule has 0 aliphatic rings. The van der Waals surface area contributed by atoms with Crippen LogP contribution in [0.25, 0.3) is 0 Å². The van der Waals surface area contributed by atoms with Crippen molar-refractivity contribution in [3.8, 4) is 0 Å². The first-order valence-corrected chi connectivity index (χ1v) is 3.37. The van der Waals surface area contributed by atoms with Crippen molar-refractivity contribution in [2.45, 2.75) is 13.3 Å². The van der Waals surface area contributed by atoms with E-state index in [9.17, 15) is 9.59 Å². The number of carbonyl (C=O) groups is 2. The third kappa shape index (κ3) is 5.33. The molecule has 0 aliphatic carbocycles. The van der Waals surface area contributed by atoms with Crippen LogP contribution >= 0.6 is 0 Å². The van der Waals surface area contributed by atoms with Crippen LogP contribution in [0.3, 0.4) is 0 Å². The molecule has 0 atom stereocenters. The Morgan fingerprint density at radius 2 is 1.83 bits per heavy atom. The van der Waals surface area contributed by atoms with E-state index < -0.39 is 12.2 Å². The first-order valence-electron chi connectivity index (χ1n) is 3.37. The monoisotopic (exact) mass is 174 g/mol. The summed E-state index contributed by atoms with van der Waals surface area (Å²) in [6.07, 6.45) is -1.12. The molecule has 68 valence electrons. The van der Waals surface area contributed by atoms with Gasteiger partial charge in [-0.15, -0.1) is 0 Å². The molecule has 0 aliphatic heterocycles. The SMILES string of the molecule is CCCOC(=O)N=NC(=O)OC. The number of hydrogen-bond acceptors (Lipinski definition) is 4. The van der Waals surface area contributed by atoms with Gasteiger partial charge in [0, 0.05) is 0 Å². The van der Waals surface area contributed by atoms with Gasteiger partial charge < -0.3 is 9.47 Å². The lowest BCUT2D eigenvalue weighted by atomic mass is 10.5. The zero-order chi connectivity index (χ0) is 9.40. The van der Waals surface area contributed by atoms with Crippen LogP contribution in [-0.4, -0.2) is 25.9 Å². The van der Waals surface area contributed by atoms with E-state index in [4.69, 9.17) is 0 Å². The molecule has 0 bridgehead atoms. The molecule has 6 nitrogen and oxygen atoms in total. The zero-order valence-corrected chi connectivity index (χ0v) is 6.94. The summed E-state index contributed by atoms with van der Waals surface area (Å²) >= 11 is 0. The van der Waals surface area contributed by atoms with Gasteiger partial charge >= 0.3 is 12.2 Å². The van der Waals surface area contributed by atoms with Crippen LogP contribution in [-0.2, 0) is 9.47 Å². The molecule has 0 aromatic heterocycles. The quantitative estimate of drug-likeness (QED) is 0.597. The van der Waals surface area contributed by atoms with E-state index in [0.717, 1.165) is 7.11 Å². The number of azo groups is 1. The van der Waals surface area contributed by atoms with E-state index >= 15 is 0 Å². The number of methoxy groups -OCH3 is 1. The molecule has 0 unspecified atom stereocenters. The molecular formula is C6H10N2O4. The number of nitrogens with zero attached hydrogens (tertiary/aromatic N) is 2. The van der Waals surface area contributed by atoms with Crippen LogP contribution in [0, 0.1) is 0 Å². The molecule has 0 saturated carbocycles. The minimum absolute atomic E-state index is 0.263. The van der Waals surface area contributed by atoms with Crippen LogP contribution < -0.4 is 0 Å². The van der Waals surface area contributed by atoms with Gasteiger partial charge in [-0.3, -0.25) is 0 Å². The summed E-state index contributed by atoms with van der Waals surface area (Å²) < 4.78 is 8.58. The summed E-state index contributed by atoms with van der Waals surface area (Å²) in [4.78, 5) is 20.8. The van der Waals surface area contributed by atoms with Crippen molar-refractivity contribution in [1.82, 2.24) is 0 Å². The lowest BCUT2D eigenvalue weighted by molar-refractivity contribution is 0.152. The Morgan fingerprint density at radius 3 is 2.33 bits per heavy atom. The fraction of sp³-hybridized carbons (Fsp3) is 0.667. The third-order valence-corrected chi connectivity index (χ3v) is 0.818. The topological polar surface area (TPSA) is 77.3 Å². The van der Waals surface area contributed by atoms with Crippen LogP contribution in [0.1, 0.15) is 13.3 Å². The average molecular weight is 174 g/mol. The van der Waals surface area contributed by atoms with Crippen molar-refractivity contribution in [1.29, 1.82) is 0 Å². The second-order valence-electron chi connectivity index (χ2n) is 1.78. The minimum atomic E-state index is -0.927. The van der Waals surface area contributed by atoms with Gasteiger partial charge in [0.25, 0.3) is 0 Å². The Kier molecular flexibility index (Phi) is 5.50. The molecule has 0 rings (SSSR count). The number of hydrogen-bond donors (Lipinski definition) is 0. The molecule has 0 aromatic carbocycles. The highest BCUT2D eigenvalue weighted by Crippen LogP contribution is 1.89. The highest BCUT2D eigenvalue weighted by Gasteiger charge is 2.00. The summed E-state index contributed by atoms with van der Waals surface area (Å²) in [5, 5.41) is 5.81. The summed E-state index contributed by atoms with van der Waals surface area (Å²) in [5.74, 6) is 0. The second-order valence-corrected chi connectivity index (χ2v) is 1.78. The van der Waals surface area contributed by atoms with Crippen LogP contribution in [0.4, 0.5) is 9.59 Å². The number of carbonyl (C=O) groups excluding carboxylic acids is 2. The van der Waals surface area contributed by atoms with Gasteiger partial charge in [0.2, 0.25) is 0 Å². The number of ether oxygens (including phenoxy) is 2. The fourth-order valence-electron chi connectivity index (χ4n) is 0.341. The van der Waals surface area contributed by atoms with Crippen LogP contribution in [0.2, 0.25) is 0 Å². The molecule has 0 fully saturated rings. The maximum Gasteiger partial charge on any atom is 0.452 e. The summed E-state index contributed by atoms with van der Waals surface area (Å²) in [6.45, 7) is 2.10. The Hall–Kier alpha value is -1.46. The third-order valence-electron chi connectivity index (χ3n) is 0.818. The first-order chi connectivity index (χ1) is 5.70. The zero-order valence-electron chi connectivity index (χ0n) is 6.94. The first kappa shape index (κ1) is 10.5. The average Bonchev–Trinajstić information content (AvgIpc) is 2.10. The molecule has 0 saturated heterocycles. The number of rotatable bonds is 2. The van der Waals surface area contributed by atoms with E-state index in [2.05, 4.69) is 19.7 Å². The summed E-state index contributed by atoms with van der Waals surface area (Å²) in [5.41, 5.74) is 0. The van der Waals surface area contributed by atoms with E-state index in [-0.39, 0.29) is 6.61 Å². The van der Waals surface area contributed by atoms with Crippen molar-refractivity contribution < 1.29 is 19.1 Å². The molecule has 2 amide bonds. The molecule has 0 N–H and O–H groups in total. The highest BCUT2D eigenvalue weighted by atomic mass is 16.6. The molecule has 6 heteroatoms. The predicted molar refractivity (Wildman–Crippen MR) is 38.9 cm³/mol. The van der Waals surface area contributed by atoms with Crippen LogP contribution in [0.15, 0.2) is 10.2 Å². The smallest absolute Gasteiger partial charge is 0.450 e. The van der Waals surface area contributed by atoms with Gasteiger partial charge in [0.05, 0.1) is 13.7 Å². The van der Waals surface area contributed by atoms with Crippen molar-refractivity contribution in [2.24, 2.45) is 10.2 Å². The molecule has 0 aromatic rings. The van der Waals surface area contributed by atoms with Crippen molar-refractivity contribution in [2.75, 3.05) is 13.7 Å². The maximum atomic E-state index is 10.5. The van der Waals surface area contributed by atoms with Crippen LogP contribution in [0.5, 0.6) is 0 Å². The van der Waals surface area contributed by atoms with E-state index in [1.807, 2.05) is 6.92 Å². The number of amides is 2. The van der Waals surface area contributed by atoms with Crippen molar-refractivity contribution >= 4 is 12.2 Å². The maximum absolute atomic E-state index is 10.5. The lowest BCUT2D eigenvalue weighted by Crippen LogP contribution is -2.00. The highest BCUT2D eigenvalue weighted by molar-refractivity contribution is 5.72. The van der Waals surface area contributed by atoms with Gasteiger partial charge in [-0.05, 0) is 6.42 Å². The predicted octanol–water partition coefficient (Wildman–Crippen LogP) is 1.75. The van der Waals surface area contributed by atoms with Gasteiger partial charge in [-0.2, -0.15) is 0 Å². The largest absolute Gasteiger partial charge is 0.452 e. The lowest BCUT2D eigenvalue weighted by Gasteiger charge is -1.94. The van der Waals surface area contributed by atoms with E-state index in [1.54, 1.807) is 0 Å². The Labute approximate surface area is 69.6 Å². The van der Waals surface area contributed by atoms with Gasteiger partial charge in [0.1, 0.15) is 0 Å². The fourth-order valence-corrected chi connectivity index (χ4v) is 0.341. The standard InChI is InChI=1S/C6H10N2O4/c1-3-4-12-6(10)8-7-5(9)11-2/h3-4H2,1-2H3. The molecule has 12 heavy (non-hydrogen) atoms. The van der Waals surface area contributed by atoms with E-state index in [1.165, 1.54) is 0 Å². The van der Waals surface area contributed by atoms with Gasteiger partial charge in [-0.1, -0.05) is 17.2 Å². The summed E-state index contributed by atoms with van der Waals surface area (Å²) in [6, 6.07) is 0. The van der Waals surface area contributed by atoms with Gasteiger partial charge in [-0.25, -0.2) is 9.59 Å². The Balaban J connectivity index is 3.67. The second kappa shape index (κ2) is 6.26. The van der Waals surface area contributed by atoms with E-state index in [0.29, 0.717) is 6.42 Å². The molecule has 0 radical (unpaired) electrons. The summed E-state index contributed by atoms with van der Waals surface area (Å²) in [7, 11) is 1.14. The van der Waals surface area contributed by atoms with Crippen molar-refractivity contribution in [3.05, 3.63) is 0 Å². The molecule has 0 spiro atoms. The van der Waals surface area contributed by atoms with Gasteiger partial charge in [0.15, 0.2) is 0 Å². The molecule has 0 heterocycles. The normalized spacial score (nSPS) is 9.83. The van der Waals surface area contributed by atoms with Crippen molar-refractivity contribution in [3.63, 3.8) is 0 Å². The molecular weight excluding hydrogens is 164 g/mol. The minimum Gasteiger partial charge on any atom is -0.450 e. The Bertz CT molecular complexity index is 190. The Morgan fingerprint density at radius 1 is 1.25 bits per heavy atom.